The number of benzene rings is 1. The van der Waals surface area contributed by atoms with Gasteiger partial charge in [0, 0.05) is 0 Å². The maximum absolute atomic E-state index is 12.6. The molecule has 1 aromatic carbocycles. The van der Waals surface area contributed by atoms with E-state index in [1.807, 2.05) is 26.0 Å². The quantitative estimate of drug-likeness (QED) is 0.680. The van der Waals surface area contributed by atoms with Gasteiger partial charge in [0.25, 0.3) is 0 Å². The van der Waals surface area contributed by atoms with Crippen molar-refractivity contribution >= 4 is 5.78 Å². The lowest BCUT2D eigenvalue weighted by molar-refractivity contribution is 0.0927. The largest absolute Gasteiger partial charge is 0.496 e. The van der Waals surface area contributed by atoms with E-state index in [1.54, 1.807) is 7.11 Å². The van der Waals surface area contributed by atoms with Gasteiger partial charge in [-0.25, -0.2) is 0 Å². The van der Waals surface area contributed by atoms with Crippen molar-refractivity contribution in [3.05, 3.63) is 28.8 Å². The number of nitrogens with zero attached hydrogens (tertiary/aromatic N) is 1. The number of carbonyl (C=O) groups is 1. The van der Waals surface area contributed by atoms with Gasteiger partial charge in [-0.2, -0.15) is 0 Å². The molecule has 1 aromatic rings. The van der Waals surface area contributed by atoms with Gasteiger partial charge in [-0.1, -0.05) is 19.9 Å². The van der Waals surface area contributed by atoms with E-state index < -0.39 is 0 Å². The average molecular weight is 277 g/mol. The molecule has 20 heavy (non-hydrogen) atoms. The lowest BCUT2D eigenvalue weighted by Crippen LogP contribution is -2.31. The fraction of sp³-hybridized carbons (Fsp3) is 0.588. The van der Waals surface area contributed by atoms with Crippen molar-refractivity contribution < 1.29 is 9.53 Å². The molecule has 3 nitrogen and oxygen atoms in total. The second-order valence-electron chi connectivity index (χ2n) is 5.36. The second-order valence-corrected chi connectivity index (χ2v) is 5.36. The highest BCUT2D eigenvalue weighted by Crippen LogP contribution is 2.25. The van der Waals surface area contributed by atoms with E-state index in [9.17, 15) is 4.79 Å². The van der Waals surface area contributed by atoms with Crippen molar-refractivity contribution in [3.63, 3.8) is 0 Å². The van der Waals surface area contributed by atoms with Crippen LogP contribution in [0.3, 0.4) is 0 Å². The first-order valence-electron chi connectivity index (χ1n) is 7.44. The molecule has 0 bridgehead atoms. The zero-order chi connectivity index (χ0) is 15.1. The first-order valence-corrected chi connectivity index (χ1v) is 7.44. The average Bonchev–Trinajstić information content (AvgIpc) is 2.38. The molecule has 0 aliphatic heterocycles. The number of aryl methyl sites for hydroxylation is 2. The summed E-state index contributed by atoms with van der Waals surface area (Å²) >= 11 is 0. The van der Waals surface area contributed by atoms with Crippen LogP contribution >= 0.6 is 0 Å². The topological polar surface area (TPSA) is 29.5 Å². The molecule has 0 fully saturated rings. The first kappa shape index (κ1) is 16.7. The summed E-state index contributed by atoms with van der Waals surface area (Å²) in [6.45, 7) is 10.7. The number of methoxy groups -OCH3 is 1. The molecular formula is C17H27NO2. The first-order chi connectivity index (χ1) is 9.53. The highest BCUT2D eigenvalue weighted by molar-refractivity contribution is 6.00. The summed E-state index contributed by atoms with van der Waals surface area (Å²) in [6.07, 6.45) is 2.13. The summed E-state index contributed by atoms with van der Waals surface area (Å²) in [7, 11) is 1.63. The maximum Gasteiger partial charge on any atom is 0.180 e. The van der Waals surface area contributed by atoms with Gasteiger partial charge in [0.2, 0.25) is 0 Å². The number of ketones is 1. The Bertz CT molecular complexity index is 449. The Hall–Kier alpha value is -1.35. The molecule has 0 aromatic heterocycles. The molecule has 0 spiro atoms. The van der Waals surface area contributed by atoms with E-state index >= 15 is 0 Å². The minimum absolute atomic E-state index is 0.149. The Morgan fingerprint density at radius 3 is 2.25 bits per heavy atom. The summed E-state index contributed by atoms with van der Waals surface area (Å²) in [6, 6.07) is 3.98. The summed E-state index contributed by atoms with van der Waals surface area (Å²) in [5.74, 6) is 0.865. The van der Waals surface area contributed by atoms with E-state index in [0.29, 0.717) is 17.9 Å². The monoisotopic (exact) mass is 277 g/mol. The Labute approximate surface area is 122 Å². The third kappa shape index (κ3) is 4.34. The van der Waals surface area contributed by atoms with Crippen LogP contribution in [0.2, 0.25) is 0 Å². The molecule has 0 radical (unpaired) electrons. The molecule has 0 unspecified atom stereocenters. The van der Waals surface area contributed by atoms with Crippen molar-refractivity contribution in [2.24, 2.45) is 0 Å². The van der Waals surface area contributed by atoms with E-state index in [0.717, 1.165) is 37.1 Å². The molecule has 3 heteroatoms. The van der Waals surface area contributed by atoms with Crippen LogP contribution in [0.25, 0.3) is 0 Å². The van der Waals surface area contributed by atoms with E-state index in [1.165, 1.54) is 0 Å². The van der Waals surface area contributed by atoms with Crippen LogP contribution < -0.4 is 4.74 Å². The van der Waals surface area contributed by atoms with Crippen molar-refractivity contribution in [3.8, 4) is 5.75 Å². The third-order valence-corrected chi connectivity index (χ3v) is 3.37. The van der Waals surface area contributed by atoms with Gasteiger partial charge < -0.3 is 4.74 Å². The Kier molecular flexibility index (Phi) is 6.73. The van der Waals surface area contributed by atoms with Crippen molar-refractivity contribution in [1.29, 1.82) is 0 Å². The fourth-order valence-electron chi connectivity index (χ4n) is 2.62. The van der Waals surface area contributed by atoms with Gasteiger partial charge in [-0.05, 0) is 57.0 Å². The molecule has 0 saturated carbocycles. The number of Topliss-reactive ketones (excluding diaryl/α,β-unsaturated/α-hetero) is 1. The van der Waals surface area contributed by atoms with Crippen LogP contribution in [0.5, 0.6) is 5.75 Å². The highest BCUT2D eigenvalue weighted by Gasteiger charge is 2.17. The lowest BCUT2D eigenvalue weighted by atomic mass is 10.0. The van der Waals surface area contributed by atoms with Crippen LogP contribution in [0.4, 0.5) is 0 Å². The summed E-state index contributed by atoms with van der Waals surface area (Å²) in [5, 5.41) is 0. The standard InChI is InChI=1S/C17H27NO2/c1-6-8-18(9-7-2)12-16(19)15-11-13(3)10-14(4)17(15)20-5/h10-11H,6-9,12H2,1-5H3. The van der Waals surface area contributed by atoms with Gasteiger partial charge in [-0.15, -0.1) is 0 Å². The molecule has 0 amide bonds. The predicted octanol–water partition coefficient (Wildman–Crippen LogP) is 3.62. The Morgan fingerprint density at radius 2 is 1.75 bits per heavy atom. The van der Waals surface area contributed by atoms with Gasteiger partial charge in [0.15, 0.2) is 5.78 Å². The third-order valence-electron chi connectivity index (χ3n) is 3.37. The van der Waals surface area contributed by atoms with Gasteiger partial charge in [0.1, 0.15) is 5.75 Å². The molecule has 0 aliphatic carbocycles. The van der Waals surface area contributed by atoms with Crippen molar-refractivity contribution in [1.82, 2.24) is 4.90 Å². The van der Waals surface area contributed by atoms with E-state index in [-0.39, 0.29) is 5.78 Å². The fourth-order valence-corrected chi connectivity index (χ4v) is 2.62. The minimum Gasteiger partial charge on any atom is -0.496 e. The lowest BCUT2D eigenvalue weighted by Gasteiger charge is -2.21. The zero-order valence-corrected chi connectivity index (χ0v) is 13.5. The zero-order valence-electron chi connectivity index (χ0n) is 13.5. The number of rotatable bonds is 8. The molecule has 0 atom stereocenters. The Balaban J connectivity index is 2.96. The number of hydrogen-bond donors (Lipinski definition) is 0. The van der Waals surface area contributed by atoms with Gasteiger partial charge in [0.05, 0.1) is 19.2 Å². The van der Waals surface area contributed by atoms with Gasteiger partial charge >= 0.3 is 0 Å². The number of ether oxygens (including phenoxy) is 1. The highest BCUT2D eigenvalue weighted by atomic mass is 16.5. The van der Waals surface area contributed by atoms with Gasteiger partial charge in [-0.3, -0.25) is 9.69 Å². The number of hydrogen-bond acceptors (Lipinski definition) is 3. The van der Waals surface area contributed by atoms with E-state index in [2.05, 4.69) is 18.7 Å². The summed E-state index contributed by atoms with van der Waals surface area (Å²) in [5.41, 5.74) is 2.83. The Morgan fingerprint density at radius 1 is 1.15 bits per heavy atom. The molecular weight excluding hydrogens is 250 g/mol. The molecule has 112 valence electrons. The second kappa shape index (κ2) is 8.05. The number of carbonyl (C=O) groups excluding carboxylic acids is 1. The molecule has 0 saturated heterocycles. The van der Waals surface area contributed by atoms with Crippen molar-refractivity contribution in [2.75, 3.05) is 26.7 Å². The van der Waals surface area contributed by atoms with E-state index in [4.69, 9.17) is 4.74 Å². The molecule has 0 heterocycles. The molecule has 0 aliphatic rings. The van der Waals surface area contributed by atoms with Crippen LogP contribution in [0, 0.1) is 13.8 Å². The van der Waals surface area contributed by atoms with Crippen LogP contribution in [-0.4, -0.2) is 37.4 Å². The van der Waals surface area contributed by atoms with Crippen LogP contribution in [0.15, 0.2) is 12.1 Å². The molecule has 1 rings (SSSR count). The SMILES string of the molecule is CCCN(CCC)CC(=O)c1cc(C)cc(C)c1OC. The summed E-state index contributed by atoms with van der Waals surface area (Å²) < 4.78 is 5.41. The summed E-state index contributed by atoms with van der Waals surface area (Å²) in [4.78, 5) is 14.8. The predicted molar refractivity (Wildman–Crippen MR) is 83.8 cm³/mol. The molecule has 0 N–H and O–H groups in total. The maximum atomic E-state index is 12.6. The van der Waals surface area contributed by atoms with Crippen molar-refractivity contribution in [2.45, 2.75) is 40.5 Å². The normalized spacial score (nSPS) is 10.9. The van der Waals surface area contributed by atoms with Crippen LogP contribution in [-0.2, 0) is 0 Å². The van der Waals surface area contributed by atoms with Crippen LogP contribution in [0.1, 0.15) is 48.2 Å². The smallest absolute Gasteiger partial charge is 0.180 e. The minimum atomic E-state index is 0.149.